The fourth-order valence-corrected chi connectivity index (χ4v) is 1.61. The van der Waals surface area contributed by atoms with Crippen LogP contribution in [0.5, 0.6) is 0 Å². The molecule has 0 saturated carbocycles. The van der Waals surface area contributed by atoms with Crippen molar-refractivity contribution in [1.82, 2.24) is 4.57 Å². The summed E-state index contributed by atoms with van der Waals surface area (Å²) in [6, 6.07) is 3.04. The number of unbranched alkanes of at least 4 members (excludes halogenated alkanes) is 2. The van der Waals surface area contributed by atoms with Crippen LogP contribution in [-0.4, -0.2) is 27.5 Å². The largest absolute Gasteiger partial charge is 0.481 e. The molecule has 17 heavy (non-hydrogen) atoms. The van der Waals surface area contributed by atoms with Gasteiger partial charge in [-0.05, 0) is 25.0 Å². The molecule has 0 bridgehead atoms. The van der Waals surface area contributed by atoms with Crippen molar-refractivity contribution in [3.8, 4) is 0 Å². The first-order valence-electron chi connectivity index (χ1n) is 5.36. The number of aromatic nitrogens is 1. The molecule has 0 radical (unpaired) electrons. The lowest BCUT2D eigenvalue weighted by Crippen LogP contribution is -2.28. The third-order valence-electron chi connectivity index (χ3n) is 2.46. The number of hydrogen-bond acceptors (Lipinski definition) is 3. The Morgan fingerprint density at radius 3 is 2.18 bits per heavy atom. The first-order valence-corrected chi connectivity index (χ1v) is 5.36. The molecule has 0 atom stereocenters. The van der Waals surface area contributed by atoms with Gasteiger partial charge in [0.05, 0.1) is 0 Å². The summed E-state index contributed by atoms with van der Waals surface area (Å²) in [4.78, 5) is 31.4. The summed E-state index contributed by atoms with van der Waals surface area (Å²) in [7, 11) is 0. The normalized spacial score (nSPS) is 9.65. The van der Waals surface area contributed by atoms with Crippen LogP contribution < -0.4 is 10.7 Å². The zero-order valence-corrected chi connectivity index (χ0v) is 9.31. The van der Waals surface area contributed by atoms with Crippen molar-refractivity contribution in [2.45, 2.75) is 32.2 Å². The standard InChI is InChI=1S/C12H13NO4/c14-8-10-5-6-11(9-15)13(10)7-3-1-2-4-12(16)17/h5-6H,1-4,7H2,(H,16,17). The van der Waals surface area contributed by atoms with Gasteiger partial charge in [0.1, 0.15) is 10.7 Å². The average Bonchev–Trinajstić information content (AvgIpc) is 2.70. The molecule has 0 aliphatic carbocycles. The van der Waals surface area contributed by atoms with Crippen molar-refractivity contribution in [2.75, 3.05) is 0 Å². The predicted molar refractivity (Wildman–Crippen MR) is 59.4 cm³/mol. The lowest BCUT2D eigenvalue weighted by atomic mass is 10.2. The molecule has 0 amide bonds. The molecule has 1 rings (SSSR count). The fourth-order valence-electron chi connectivity index (χ4n) is 1.61. The van der Waals surface area contributed by atoms with E-state index in [4.69, 9.17) is 5.11 Å². The molecule has 1 aromatic rings. The van der Waals surface area contributed by atoms with Gasteiger partial charge in [0.25, 0.3) is 0 Å². The number of nitrogens with zero attached hydrogens (tertiary/aromatic N) is 1. The molecular weight excluding hydrogens is 222 g/mol. The summed E-state index contributed by atoms with van der Waals surface area (Å²) < 4.78 is 1.54. The second kappa shape index (κ2) is 6.48. The highest BCUT2D eigenvalue weighted by atomic mass is 16.4. The fraction of sp³-hybridized carbons (Fsp3) is 0.417. The van der Waals surface area contributed by atoms with E-state index in [-0.39, 0.29) is 6.42 Å². The maximum atomic E-state index is 10.6. The molecule has 0 unspecified atom stereocenters. The zero-order valence-electron chi connectivity index (χ0n) is 9.31. The number of hydrogen-bond donors (Lipinski definition) is 1. The van der Waals surface area contributed by atoms with E-state index in [9.17, 15) is 14.4 Å². The van der Waals surface area contributed by atoms with E-state index in [1.165, 1.54) is 12.1 Å². The predicted octanol–water partition coefficient (Wildman–Crippen LogP) is -0.860. The Morgan fingerprint density at radius 2 is 1.71 bits per heavy atom. The van der Waals surface area contributed by atoms with Crippen LogP contribution in [0.1, 0.15) is 25.7 Å². The topological polar surface area (TPSA) is 76.4 Å². The smallest absolute Gasteiger partial charge is 0.303 e. The third-order valence-corrected chi connectivity index (χ3v) is 2.46. The van der Waals surface area contributed by atoms with Gasteiger partial charge >= 0.3 is 5.97 Å². The Balaban J connectivity index is 2.58. The highest BCUT2D eigenvalue weighted by Crippen LogP contribution is 2.00. The number of carbonyl (C=O) groups is 1. The number of carboxylic acid groups (broad SMARTS) is 1. The molecule has 0 aromatic carbocycles. The average molecular weight is 235 g/mol. The molecule has 0 aliphatic heterocycles. The van der Waals surface area contributed by atoms with Crippen molar-refractivity contribution >= 4 is 17.9 Å². The van der Waals surface area contributed by atoms with Crippen LogP contribution in [0.15, 0.2) is 12.1 Å². The number of carbonyl (C=O) groups excluding carboxylic acids is 2. The molecule has 0 saturated heterocycles. The van der Waals surface area contributed by atoms with E-state index < -0.39 is 5.97 Å². The maximum Gasteiger partial charge on any atom is 0.303 e. The van der Waals surface area contributed by atoms with Gasteiger partial charge in [0, 0.05) is 13.0 Å². The van der Waals surface area contributed by atoms with Gasteiger partial charge in [-0.3, -0.25) is 4.79 Å². The van der Waals surface area contributed by atoms with Crippen LogP contribution in [0.4, 0.5) is 0 Å². The van der Waals surface area contributed by atoms with Crippen LogP contribution in [0.3, 0.4) is 0 Å². The molecule has 1 aromatic heterocycles. The molecule has 0 spiro atoms. The van der Waals surface area contributed by atoms with E-state index in [1.54, 1.807) is 16.4 Å². The quantitative estimate of drug-likeness (QED) is 0.651. The van der Waals surface area contributed by atoms with E-state index in [2.05, 4.69) is 0 Å². The second-order valence-corrected chi connectivity index (χ2v) is 3.66. The van der Waals surface area contributed by atoms with Crippen LogP contribution >= 0.6 is 0 Å². The molecule has 1 N–H and O–H groups in total. The molecule has 5 nitrogen and oxygen atoms in total. The summed E-state index contributed by atoms with van der Waals surface area (Å²) in [6.07, 6.45) is 2.19. The van der Waals surface area contributed by atoms with E-state index in [1.807, 2.05) is 0 Å². The lowest BCUT2D eigenvalue weighted by molar-refractivity contribution is -0.137. The summed E-state index contributed by atoms with van der Waals surface area (Å²) >= 11 is 0. The van der Waals surface area contributed by atoms with Crippen molar-refractivity contribution in [2.24, 2.45) is 0 Å². The van der Waals surface area contributed by atoms with Crippen molar-refractivity contribution in [1.29, 1.82) is 0 Å². The molecular formula is C12H13NO4. The SMILES string of the molecule is O=C=c1ccc(=C=O)n1CCCCCC(=O)O. The second-order valence-electron chi connectivity index (χ2n) is 3.66. The molecule has 90 valence electrons. The Bertz CT molecular complexity index is 510. The Kier molecular flexibility index (Phi) is 4.95. The van der Waals surface area contributed by atoms with Gasteiger partial charge < -0.3 is 9.67 Å². The van der Waals surface area contributed by atoms with Gasteiger partial charge in [0.2, 0.25) is 0 Å². The first kappa shape index (κ1) is 13.0. The van der Waals surface area contributed by atoms with Crippen LogP contribution in [0, 0.1) is 0 Å². The first-order chi connectivity index (χ1) is 8.19. The molecule has 5 heteroatoms. The molecule has 1 heterocycles. The summed E-state index contributed by atoms with van der Waals surface area (Å²) in [5, 5.41) is 9.10. The Morgan fingerprint density at radius 1 is 1.12 bits per heavy atom. The summed E-state index contributed by atoms with van der Waals surface area (Å²) in [6.45, 7) is 0.502. The molecule has 0 fully saturated rings. The van der Waals surface area contributed by atoms with Crippen molar-refractivity contribution in [3.05, 3.63) is 22.8 Å². The van der Waals surface area contributed by atoms with Crippen LogP contribution in [0.2, 0.25) is 0 Å². The minimum absolute atomic E-state index is 0.144. The van der Waals surface area contributed by atoms with E-state index in [0.29, 0.717) is 30.1 Å². The van der Waals surface area contributed by atoms with Gasteiger partial charge in [-0.25, -0.2) is 9.59 Å². The highest BCUT2D eigenvalue weighted by Gasteiger charge is 2.00. The summed E-state index contributed by atoms with van der Waals surface area (Å²) in [5.41, 5.74) is 0. The lowest BCUT2D eigenvalue weighted by Gasteiger charge is -2.01. The minimum atomic E-state index is -0.810. The Labute approximate surface area is 97.7 Å². The summed E-state index contributed by atoms with van der Waals surface area (Å²) in [5.74, 6) is 2.69. The minimum Gasteiger partial charge on any atom is -0.481 e. The number of aliphatic carboxylic acids is 1. The Hall–Kier alpha value is -2.09. The van der Waals surface area contributed by atoms with Crippen LogP contribution in [0.25, 0.3) is 0 Å². The van der Waals surface area contributed by atoms with Gasteiger partial charge in [0.15, 0.2) is 11.9 Å². The number of carboxylic acids is 1. The number of rotatable bonds is 6. The zero-order chi connectivity index (χ0) is 12.7. The van der Waals surface area contributed by atoms with Gasteiger partial charge in [-0.1, -0.05) is 6.42 Å². The van der Waals surface area contributed by atoms with Crippen molar-refractivity contribution < 1.29 is 19.5 Å². The molecule has 0 aliphatic rings. The maximum absolute atomic E-state index is 10.6. The van der Waals surface area contributed by atoms with E-state index in [0.717, 1.165) is 6.42 Å². The third kappa shape index (κ3) is 3.76. The van der Waals surface area contributed by atoms with Gasteiger partial charge in [-0.15, -0.1) is 0 Å². The highest BCUT2D eigenvalue weighted by molar-refractivity contribution is 5.66. The van der Waals surface area contributed by atoms with Crippen molar-refractivity contribution in [3.63, 3.8) is 0 Å². The van der Waals surface area contributed by atoms with E-state index >= 15 is 0 Å². The van der Waals surface area contributed by atoms with Crippen LogP contribution in [-0.2, 0) is 20.9 Å². The van der Waals surface area contributed by atoms with Gasteiger partial charge in [-0.2, -0.15) is 0 Å². The monoisotopic (exact) mass is 235 g/mol.